The lowest BCUT2D eigenvalue weighted by Gasteiger charge is -2.10. The van der Waals surface area contributed by atoms with Crippen LogP contribution >= 0.6 is 0 Å². The van der Waals surface area contributed by atoms with E-state index in [-0.39, 0.29) is 16.7 Å². The first-order valence-electron chi connectivity index (χ1n) is 5.50. The molecule has 0 aliphatic carbocycles. The van der Waals surface area contributed by atoms with Crippen molar-refractivity contribution in [2.24, 2.45) is 0 Å². The van der Waals surface area contributed by atoms with Gasteiger partial charge in [-0.1, -0.05) is 24.3 Å². The number of carboxylic acid groups (broad SMARTS) is 1. The van der Waals surface area contributed by atoms with Crippen molar-refractivity contribution in [3.63, 3.8) is 0 Å². The molecule has 0 aliphatic heterocycles. The van der Waals surface area contributed by atoms with Crippen molar-refractivity contribution < 1.29 is 27.5 Å². The number of carbonyl (C=O) groups is 1. The van der Waals surface area contributed by atoms with Gasteiger partial charge in [0.2, 0.25) is 0 Å². The molecule has 2 rings (SSSR count). The molecule has 0 fully saturated rings. The van der Waals surface area contributed by atoms with E-state index < -0.39 is 23.5 Å². The minimum atomic E-state index is -4.78. The third kappa shape index (κ3) is 2.64. The fraction of sp³-hybridized carbons (Fsp3) is 0.0714. The molecule has 2 aromatic carbocycles. The summed E-state index contributed by atoms with van der Waals surface area (Å²) in [4.78, 5) is 11.0. The summed E-state index contributed by atoms with van der Waals surface area (Å²) in [5.74, 6) is -2.67. The lowest BCUT2D eigenvalue weighted by Crippen LogP contribution is -2.08. The Bertz CT molecular complexity index is 662. The lowest BCUT2D eigenvalue weighted by molar-refractivity contribution is -0.139. The zero-order valence-corrected chi connectivity index (χ0v) is 9.91. The molecule has 0 amide bonds. The maximum absolute atomic E-state index is 13.5. The number of halogens is 4. The largest absolute Gasteiger partial charge is 0.478 e. The van der Waals surface area contributed by atoms with Crippen molar-refractivity contribution in [1.82, 2.24) is 0 Å². The maximum atomic E-state index is 13.5. The van der Waals surface area contributed by atoms with Crippen LogP contribution in [0.5, 0.6) is 0 Å². The fourth-order valence-corrected chi connectivity index (χ4v) is 1.83. The van der Waals surface area contributed by atoms with Crippen LogP contribution in [0.3, 0.4) is 0 Å². The second-order valence-corrected chi connectivity index (χ2v) is 4.04. The van der Waals surface area contributed by atoms with Crippen LogP contribution in [0.1, 0.15) is 15.9 Å². The third-order valence-corrected chi connectivity index (χ3v) is 2.74. The van der Waals surface area contributed by atoms with E-state index >= 15 is 0 Å². The maximum Gasteiger partial charge on any atom is 0.419 e. The Labute approximate surface area is 111 Å². The summed E-state index contributed by atoms with van der Waals surface area (Å²) >= 11 is 0. The number of benzene rings is 2. The summed E-state index contributed by atoms with van der Waals surface area (Å²) in [6.45, 7) is 0. The number of hydrogen-bond donors (Lipinski definition) is 1. The molecule has 0 bridgehead atoms. The van der Waals surface area contributed by atoms with Crippen LogP contribution in [-0.2, 0) is 6.18 Å². The van der Waals surface area contributed by atoms with Gasteiger partial charge in [-0.05, 0) is 29.3 Å². The SMILES string of the molecule is O=C(O)c1ccccc1-c1ccc(C(F)(F)F)c(F)c1. The molecule has 2 aromatic rings. The number of aromatic carboxylic acids is 1. The normalized spacial score (nSPS) is 11.4. The molecule has 1 N–H and O–H groups in total. The molecule has 0 aromatic heterocycles. The van der Waals surface area contributed by atoms with Crippen molar-refractivity contribution in [3.05, 3.63) is 59.4 Å². The summed E-state index contributed by atoms with van der Waals surface area (Å²) in [6, 6.07) is 8.05. The first-order valence-corrected chi connectivity index (χ1v) is 5.50. The second-order valence-electron chi connectivity index (χ2n) is 4.04. The first kappa shape index (κ1) is 14.0. The number of hydrogen-bond acceptors (Lipinski definition) is 1. The molecule has 104 valence electrons. The molecule has 0 spiro atoms. The molecule has 20 heavy (non-hydrogen) atoms. The molecule has 0 atom stereocenters. The van der Waals surface area contributed by atoms with Crippen molar-refractivity contribution >= 4 is 5.97 Å². The van der Waals surface area contributed by atoms with Gasteiger partial charge in [-0.25, -0.2) is 9.18 Å². The van der Waals surface area contributed by atoms with Crippen LogP contribution in [0.4, 0.5) is 17.6 Å². The van der Waals surface area contributed by atoms with Crippen LogP contribution in [0.2, 0.25) is 0 Å². The van der Waals surface area contributed by atoms with Gasteiger partial charge in [0.25, 0.3) is 0 Å². The van der Waals surface area contributed by atoms with E-state index in [0.29, 0.717) is 12.1 Å². The number of carboxylic acids is 1. The quantitative estimate of drug-likeness (QED) is 0.839. The molecule has 0 heterocycles. The highest BCUT2D eigenvalue weighted by molar-refractivity contribution is 5.96. The summed E-state index contributed by atoms with van der Waals surface area (Å²) < 4.78 is 50.9. The second kappa shape index (κ2) is 4.96. The average Bonchev–Trinajstić information content (AvgIpc) is 2.37. The summed E-state index contributed by atoms with van der Waals surface area (Å²) in [7, 11) is 0. The zero-order chi connectivity index (χ0) is 14.9. The van der Waals surface area contributed by atoms with Gasteiger partial charge < -0.3 is 5.11 Å². The molecule has 0 unspecified atom stereocenters. The first-order chi connectivity index (χ1) is 9.30. The molecule has 0 saturated heterocycles. The van der Waals surface area contributed by atoms with Gasteiger partial charge in [-0.3, -0.25) is 0 Å². The van der Waals surface area contributed by atoms with E-state index in [1.165, 1.54) is 24.3 Å². The molecular formula is C14H8F4O2. The van der Waals surface area contributed by atoms with Crippen LogP contribution < -0.4 is 0 Å². The minimum absolute atomic E-state index is 0.0773. The lowest BCUT2D eigenvalue weighted by atomic mass is 9.98. The van der Waals surface area contributed by atoms with Crippen molar-refractivity contribution in [3.8, 4) is 11.1 Å². The number of alkyl halides is 3. The van der Waals surface area contributed by atoms with Gasteiger partial charge in [0, 0.05) is 0 Å². The van der Waals surface area contributed by atoms with Crippen LogP contribution in [0.15, 0.2) is 42.5 Å². The predicted octanol–water partition coefficient (Wildman–Crippen LogP) is 4.21. The van der Waals surface area contributed by atoms with Gasteiger partial charge in [-0.2, -0.15) is 13.2 Å². The Morgan fingerprint density at radius 2 is 1.70 bits per heavy atom. The topological polar surface area (TPSA) is 37.3 Å². The molecule has 6 heteroatoms. The van der Waals surface area contributed by atoms with E-state index in [4.69, 9.17) is 5.11 Å². The van der Waals surface area contributed by atoms with Gasteiger partial charge >= 0.3 is 12.1 Å². The number of rotatable bonds is 2. The molecule has 0 radical (unpaired) electrons. The van der Waals surface area contributed by atoms with Gasteiger partial charge in [-0.15, -0.1) is 0 Å². The van der Waals surface area contributed by atoms with Crippen molar-refractivity contribution in [2.45, 2.75) is 6.18 Å². The minimum Gasteiger partial charge on any atom is -0.478 e. The highest BCUT2D eigenvalue weighted by atomic mass is 19.4. The standard InChI is InChI=1S/C14H8F4O2/c15-12-7-8(5-6-11(12)14(16,17)18)9-3-1-2-4-10(9)13(19)20/h1-7H,(H,19,20). The third-order valence-electron chi connectivity index (χ3n) is 2.74. The smallest absolute Gasteiger partial charge is 0.419 e. The van der Waals surface area contributed by atoms with E-state index in [1.54, 1.807) is 0 Å². The summed E-state index contributed by atoms with van der Waals surface area (Å²) in [5.41, 5.74) is -1.25. The molecule has 0 aliphatic rings. The highest BCUT2D eigenvalue weighted by Crippen LogP contribution is 2.34. The van der Waals surface area contributed by atoms with E-state index in [2.05, 4.69) is 0 Å². The Kier molecular flexibility index (Phi) is 3.48. The van der Waals surface area contributed by atoms with Crippen molar-refractivity contribution in [1.29, 1.82) is 0 Å². The molecule has 0 saturated carbocycles. The Morgan fingerprint density at radius 1 is 1.05 bits per heavy atom. The Morgan fingerprint density at radius 3 is 2.25 bits per heavy atom. The molecule has 2 nitrogen and oxygen atoms in total. The Balaban J connectivity index is 2.56. The zero-order valence-electron chi connectivity index (χ0n) is 9.91. The van der Waals surface area contributed by atoms with E-state index in [0.717, 1.165) is 6.07 Å². The predicted molar refractivity (Wildman–Crippen MR) is 63.8 cm³/mol. The van der Waals surface area contributed by atoms with E-state index in [9.17, 15) is 22.4 Å². The average molecular weight is 284 g/mol. The summed E-state index contributed by atoms with van der Waals surface area (Å²) in [6.07, 6.45) is -4.78. The van der Waals surface area contributed by atoms with Crippen LogP contribution in [0, 0.1) is 5.82 Å². The highest BCUT2D eigenvalue weighted by Gasteiger charge is 2.34. The monoisotopic (exact) mass is 284 g/mol. The summed E-state index contributed by atoms with van der Waals surface area (Å²) in [5, 5.41) is 9.01. The van der Waals surface area contributed by atoms with Gasteiger partial charge in [0.05, 0.1) is 11.1 Å². The molecular weight excluding hydrogens is 276 g/mol. The van der Waals surface area contributed by atoms with Gasteiger partial charge in [0.1, 0.15) is 5.82 Å². The fourth-order valence-electron chi connectivity index (χ4n) is 1.83. The van der Waals surface area contributed by atoms with Crippen LogP contribution in [0.25, 0.3) is 11.1 Å². The van der Waals surface area contributed by atoms with Crippen molar-refractivity contribution in [2.75, 3.05) is 0 Å². The van der Waals surface area contributed by atoms with Gasteiger partial charge in [0.15, 0.2) is 0 Å². The van der Waals surface area contributed by atoms with E-state index in [1.807, 2.05) is 0 Å². The van der Waals surface area contributed by atoms with Crippen LogP contribution in [-0.4, -0.2) is 11.1 Å². The Hall–Kier alpha value is -2.37.